The van der Waals surface area contributed by atoms with Crippen LogP contribution in [0.2, 0.25) is 0 Å². The van der Waals surface area contributed by atoms with Gasteiger partial charge in [-0.15, -0.1) is 0 Å². The Hall–Kier alpha value is -1.82. The summed E-state index contributed by atoms with van der Waals surface area (Å²) in [6.07, 6.45) is 2.17. The second-order valence-corrected chi connectivity index (χ2v) is 3.96. The second-order valence-electron chi connectivity index (χ2n) is 3.96. The maximum Gasteiger partial charge on any atom is 0.137 e. The number of hydrogen-bond donors (Lipinski definition) is 1. The largest absolute Gasteiger partial charge is 0.391 e. The van der Waals surface area contributed by atoms with Crippen LogP contribution in [-0.2, 0) is 0 Å². The van der Waals surface area contributed by atoms with Gasteiger partial charge in [0.1, 0.15) is 30.3 Å². The molecule has 0 saturated carbocycles. The number of aliphatic hydroxyl groups excluding tert-OH is 1. The Morgan fingerprint density at radius 1 is 1.39 bits per heavy atom. The number of nitrogens with zero attached hydrogens (tertiary/aromatic N) is 3. The minimum atomic E-state index is -0.872. The first-order chi connectivity index (χ1) is 8.63. The first-order valence-corrected chi connectivity index (χ1v) is 5.60. The molecule has 1 aromatic heterocycles. The summed E-state index contributed by atoms with van der Waals surface area (Å²) >= 11 is 0. The van der Waals surface area contributed by atoms with E-state index in [9.17, 15) is 13.9 Å². The highest BCUT2D eigenvalue weighted by Gasteiger charge is 2.25. The van der Waals surface area contributed by atoms with Crippen LogP contribution in [0.3, 0.4) is 0 Å². The van der Waals surface area contributed by atoms with Crippen molar-refractivity contribution in [3.05, 3.63) is 48.1 Å². The molecule has 0 aliphatic rings. The lowest BCUT2D eigenvalue weighted by atomic mass is 9.99. The molecule has 0 saturated heterocycles. The number of hydrogen-bond acceptors (Lipinski definition) is 3. The third-order valence-electron chi connectivity index (χ3n) is 2.78. The summed E-state index contributed by atoms with van der Waals surface area (Å²) in [4.78, 5) is 3.76. The Morgan fingerprint density at radius 3 is 2.78 bits per heavy atom. The van der Waals surface area contributed by atoms with Gasteiger partial charge in [-0.3, -0.25) is 0 Å². The summed E-state index contributed by atoms with van der Waals surface area (Å²) in [5.74, 6) is -1.13. The summed E-state index contributed by atoms with van der Waals surface area (Å²) in [5, 5.41) is 13.9. The molecule has 0 amide bonds. The van der Waals surface area contributed by atoms with Gasteiger partial charge in [0, 0.05) is 5.56 Å². The van der Waals surface area contributed by atoms with Gasteiger partial charge in [-0.1, -0.05) is 6.92 Å². The zero-order valence-corrected chi connectivity index (χ0v) is 9.79. The third-order valence-corrected chi connectivity index (χ3v) is 2.78. The van der Waals surface area contributed by atoms with E-state index in [4.69, 9.17) is 0 Å². The molecule has 2 aromatic rings. The number of aromatic nitrogens is 3. The van der Waals surface area contributed by atoms with Gasteiger partial charge >= 0.3 is 0 Å². The summed E-state index contributed by atoms with van der Waals surface area (Å²) in [6.45, 7) is 1.76. The molecule has 96 valence electrons. The van der Waals surface area contributed by atoms with Gasteiger partial charge in [0.15, 0.2) is 0 Å². The lowest BCUT2D eigenvalue weighted by Crippen LogP contribution is -2.26. The third kappa shape index (κ3) is 2.38. The highest BCUT2D eigenvalue weighted by atomic mass is 19.1. The van der Waals surface area contributed by atoms with Crippen LogP contribution in [0.25, 0.3) is 0 Å². The van der Waals surface area contributed by atoms with Crippen molar-refractivity contribution < 1.29 is 13.9 Å². The minimum absolute atomic E-state index is 0.0647. The maximum atomic E-state index is 13.8. The highest BCUT2D eigenvalue weighted by Crippen LogP contribution is 2.26. The lowest BCUT2D eigenvalue weighted by Gasteiger charge is -2.22. The first-order valence-electron chi connectivity index (χ1n) is 5.60. The predicted octanol–water partition coefficient (Wildman–Crippen LogP) is 1.92. The molecule has 2 atom stereocenters. The summed E-state index contributed by atoms with van der Waals surface area (Å²) in [6, 6.07) is 2.36. The summed E-state index contributed by atoms with van der Waals surface area (Å²) < 4.78 is 28.3. The van der Waals surface area contributed by atoms with E-state index in [0.717, 1.165) is 18.2 Å². The molecule has 1 N–H and O–H groups in total. The average Bonchev–Trinajstić information content (AvgIpc) is 2.87. The molecule has 6 heteroatoms. The van der Waals surface area contributed by atoms with Crippen molar-refractivity contribution in [3.63, 3.8) is 0 Å². The smallest absolute Gasteiger partial charge is 0.137 e. The van der Waals surface area contributed by atoms with E-state index in [2.05, 4.69) is 10.1 Å². The van der Waals surface area contributed by atoms with Crippen LogP contribution in [0.4, 0.5) is 8.78 Å². The van der Waals surface area contributed by atoms with Gasteiger partial charge in [-0.05, 0) is 24.6 Å². The monoisotopic (exact) mass is 253 g/mol. The van der Waals surface area contributed by atoms with E-state index in [0.29, 0.717) is 6.42 Å². The zero-order chi connectivity index (χ0) is 13.1. The van der Waals surface area contributed by atoms with Crippen molar-refractivity contribution in [1.29, 1.82) is 0 Å². The topological polar surface area (TPSA) is 50.9 Å². The molecule has 1 aromatic carbocycles. The van der Waals surface area contributed by atoms with E-state index in [1.165, 1.54) is 17.3 Å². The van der Waals surface area contributed by atoms with Crippen molar-refractivity contribution in [2.45, 2.75) is 25.5 Å². The summed E-state index contributed by atoms with van der Waals surface area (Å²) in [5.41, 5.74) is 0.0647. The normalized spacial score (nSPS) is 14.4. The van der Waals surface area contributed by atoms with Crippen LogP contribution in [0.1, 0.15) is 24.9 Å². The molecule has 0 aliphatic carbocycles. The quantitative estimate of drug-likeness (QED) is 0.905. The van der Waals surface area contributed by atoms with Crippen LogP contribution < -0.4 is 0 Å². The molecule has 2 rings (SSSR count). The highest BCUT2D eigenvalue weighted by molar-refractivity contribution is 5.23. The van der Waals surface area contributed by atoms with Gasteiger partial charge in [0.2, 0.25) is 0 Å². The van der Waals surface area contributed by atoms with Crippen molar-refractivity contribution in [2.24, 2.45) is 0 Å². The molecule has 4 nitrogen and oxygen atoms in total. The first kappa shape index (κ1) is 12.6. The Balaban J connectivity index is 2.49. The zero-order valence-electron chi connectivity index (χ0n) is 9.79. The van der Waals surface area contributed by atoms with Gasteiger partial charge in [0.05, 0.1) is 6.10 Å². The SMILES string of the molecule is CCC(O)C(c1cc(F)ccc1F)n1cncn1. The maximum absolute atomic E-state index is 13.8. The standard InChI is InChI=1S/C12H13F2N3O/c1-2-11(18)12(17-7-15-6-16-17)9-5-8(13)3-4-10(9)14/h3-7,11-12,18H,2H2,1H3. The predicted molar refractivity (Wildman–Crippen MR) is 60.8 cm³/mol. The number of halogens is 2. The van der Waals surface area contributed by atoms with Gasteiger partial charge < -0.3 is 5.11 Å². The fraction of sp³-hybridized carbons (Fsp3) is 0.333. The Kier molecular flexibility index (Phi) is 3.66. The molecular formula is C12H13F2N3O. The molecule has 2 unspecified atom stereocenters. The molecule has 0 bridgehead atoms. The Labute approximate surface area is 103 Å². The minimum Gasteiger partial charge on any atom is -0.391 e. The molecule has 0 radical (unpaired) electrons. The average molecular weight is 253 g/mol. The second kappa shape index (κ2) is 5.22. The van der Waals surface area contributed by atoms with Crippen molar-refractivity contribution in [1.82, 2.24) is 14.8 Å². The van der Waals surface area contributed by atoms with Gasteiger partial charge in [-0.25, -0.2) is 18.4 Å². The fourth-order valence-electron chi connectivity index (χ4n) is 1.85. The molecule has 1 heterocycles. The van der Waals surface area contributed by atoms with E-state index >= 15 is 0 Å². The molecule has 0 fully saturated rings. The lowest BCUT2D eigenvalue weighted by molar-refractivity contribution is 0.118. The van der Waals surface area contributed by atoms with Crippen LogP contribution in [-0.4, -0.2) is 26.0 Å². The van der Waals surface area contributed by atoms with E-state index in [1.54, 1.807) is 6.92 Å². The fourth-order valence-corrected chi connectivity index (χ4v) is 1.85. The van der Waals surface area contributed by atoms with E-state index < -0.39 is 23.8 Å². The molecular weight excluding hydrogens is 240 g/mol. The van der Waals surface area contributed by atoms with Crippen LogP contribution >= 0.6 is 0 Å². The van der Waals surface area contributed by atoms with Crippen molar-refractivity contribution in [3.8, 4) is 0 Å². The van der Waals surface area contributed by atoms with Crippen LogP contribution in [0.5, 0.6) is 0 Å². The van der Waals surface area contributed by atoms with Crippen LogP contribution in [0, 0.1) is 11.6 Å². The number of aliphatic hydroxyl groups is 1. The van der Waals surface area contributed by atoms with Gasteiger partial charge in [0.25, 0.3) is 0 Å². The van der Waals surface area contributed by atoms with Gasteiger partial charge in [-0.2, -0.15) is 5.10 Å². The van der Waals surface area contributed by atoms with E-state index in [1.807, 2.05) is 0 Å². The van der Waals surface area contributed by atoms with Crippen molar-refractivity contribution in [2.75, 3.05) is 0 Å². The summed E-state index contributed by atoms with van der Waals surface area (Å²) in [7, 11) is 0. The molecule has 18 heavy (non-hydrogen) atoms. The Bertz CT molecular complexity index is 516. The molecule has 0 spiro atoms. The van der Waals surface area contributed by atoms with Crippen molar-refractivity contribution >= 4 is 0 Å². The number of rotatable bonds is 4. The number of benzene rings is 1. The van der Waals surface area contributed by atoms with Crippen LogP contribution in [0.15, 0.2) is 30.9 Å². The van der Waals surface area contributed by atoms with E-state index in [-0.39, 0.29) is 5.56 Å². The Morgan fingerprint density at radius 2 is 2.17 bits per heavy atom. The molecule has 0 aliphatic heterocycles.